The van der Waals surface area contributed by atoms with Gasteiger partial charge in [-0.2, -0.15) is 18.3 Å². The summed E-state index contributed by atoms with van der Waals surface area (Å²) >= 11 is 8.83. The van der Waals surface area contributed by atoms with Crippen molar-refractivity contribution in [1.29, 1.82) is 5.41 Å². The fourth-order valence-corrected chi connectivity index (χ4v) is 3.36. The summed E-state index contributed by atoms with van der Waals surface area (Å²) < 4.78 is 39.1. The molecule has 0 saturated carbocycles. The summed E-state index contributed by atoms with van der Waals surface area (Å²) in [6.07, 6.45) is 2.67. The summed E-state index contributed by atoms with van der Waals surface area (Å²) in [6.45, 7) is 1.85. The molecule has 2 N–H and O–H groups in total. The van der Waals surface area contributed by atoms with Crippen LogP contribution < -0.4 is 5.32 Å². The van der Waals surface area contributed by atoms with E-state index in [0.29, 0.717) is 16.4 Å². The average Bonchev–Trinajstić information content (AvgIpc) is 2.76. The Morgan fingerprint density at radius 2 is 2.12 bits per heavy atom. The standard InChI is InChI=1S/C15H13BrClF3N4S/c1-8-5-9(3-4-11(8)17)10(6-21)7-22-13-12(16)14(23-24(13)2)25-15(18,19)20/h3-7,21-22H,1-2H3/b10-7+,21-6?. The van der Waals surface area contributed by atoms with Crippen LogP contribution in [0.25, 0.3) is 5.57 Å². The lowest BCUT2D eigenvalue weighted by Gasteiger charge is -2.07. The summed E-state index contributed by atoms with van der Waals surface area (Å²) in [6, 6.07) is 5.31. The van der Waals surface area contributed by atoms with Crippen molar-refractivity contribution >= 4 is 56.9 Å². The molecular weight excluding hydrogens is 441 g/mol. The Morgan fingerprint density at radius 1 is 1.44 bits per heavy atom. The lowest BCUT2D eigenvalue weighted by Crippen LogP contribution is -2.01. The summed E-state index contributed by atoms with van der Waals surface area (Å²) in [5.74, 6) is 0.344. The van der Waals surface area contributed by atoms with Gasteiger partial charge in [0.05, 0.1) is 4.47 Å². The zero-order chi connectivity index (χ0) is 18.8. The molecule has 0 radical (unpaired) electrons. The highest BCUT2D eigenvalue weighted by molar-refractivity contribution is 9.10. The fourth-order valence-electron chi connectivity index (χ4n) is 1.98. The number of alkyl halides is 3. The molecule has 4 nitrogen and oxygen atoms in total. The minimum atomic E-state index is -4.43. The second-order valence-electron chi connectivity index (χ2n) is 4.99. The molecule has 0 fully saturated rings. The second-order valence-corrected chi connectivity index (χ2v) is 7.25. The Kier molecular flexibility index (Phi) is 6.23. The molecule has 2 rings (SSSR count). The van der Waals surface area contributed by atoms with Crippen LogP contribution in [0.5, 0.6) is 0 Å². The second kappa shape index (κ2) is 7.84. The number of benzene rings is 1. The van der Waals surface area contributed by atoms with Crippen molar-refractivity contribution < 1.29 is 13.2 Å². The van der Waals surface area contributed by atoms with E-state index in [1.54, 1.807) is 12.1 Å². The molecule has 134 valence electrons. The van der Waals surface area contributed by atoms with Gasteiger partial charge < -0.3 is 10.7 Å². The quantitative estimate of drug-likeness (QED) is 0.440. The third-order valence-corrected chi connectivity index (χ3v) is 5.33. The molecule has 10 heteroatoms. The van der Waals surface area contributed by atoms with Crippen molar-refractivity contribution in [2.75, 3.05) is 5.32 Å². The van der Waals surface area contributed by atoms with Gasteiger partial charge in [0, 0.05) is 41.8 Å². The summed E-state index contributed by atoms with van der Waals surface area (Å²) in [5, 5.41) is 14.7. The molecule has 1 aromatic heterocycles. The van der Waals surface area contributed by atoms with E-state index in [0.717, 1.165) is 17.3 Å². The van der Waals surface area contributed by atoms with Gasteiger partial charge >= 0.3 is 5.51 Å². The van der Waals surface area contributed by atoms with Crippen molar-refractivity contribution in [2.24, 2.45) is 7.05 Å². The normalized spacial score (nSPS) is 12.4. The first-order valence-electron chi connectivity index (χ1n) is 6.84. The highest BCUT2D eigenvalue weighted by Gasteiger charge is 2.33. The molecule has 0 atom stereocenters. The van der Waals surface area contributed by atoms with Crippen LogP contribution in [0.1, 0.15) is 11.1 Å². The number of nitrogens with zero attached hydrogens (tertiary/aromatic N) is 2. The Bertz CT molecular complexity index is 833. The van der Waals surface area contributed by atoms with Crippen molar-refractivity contribution in [3.8, 4) is 0 Å². The Morgan fingerprint density at radius 3 is 2.68 bits per heavy atom. The topological polar surface area (TPSA) is 53.7 Å². The first kappa shape index (κ1) is 19.9. The largest absolute Gasteiger partial charge is 0.447 e. The molecule has 0 unspecified atom stereocenters. The molecule has 0 bridgehead atoms. The zero-order valence-electron chi connectivity index (χ0n) is 13.1. The van der Waals surface area contributed by atoms with E-state index < -0.39 is 5.51 Å². The van der Waals surface area contributed by atoms with Crippen LogP contribution in [-0.4, -0.2) is 21.5 Å². The number of hydrogen-bond acceptors (Lipinski definition) is 4. The number of thioether (sulfide) groups is 1. The number of anilines is 1. The first-order valence-corrected chi connectivity index (χ1v) is 8.83. The summed E-state index contributed by atoms with van der Waals surface area (Å²) in [7, 11) is 1.53. The van der Waals surface area contributed by atoms with Crippen LogP contribution in [0.15, 0.2) is 33.9 Å². The van der Waals surface area contributed by atoms with Gasteiger partial charge in [0.2, 0.25) is 0 Å². The molecular formula is C15H13BrClF3N4S. The molecule has 0 aliphatic heterocycles. The van der Waals surface area contributed by atoms with E-state index in [2.05, 4.69) is 26.3 Å². The molecule has 0 aliphatic carbocycles. The molecule has 25 heavy (non-hydrogen) atoms. The Balaban J connectivity index is 2.30. The zero-order valence-corrected chi connectivity index (χ0v) is 16.2. The van der Waals surface area contributed by atoms with E-state index >= 15 is 0 Å². The van der Waals surface area contributed by atoms with Gasteiger partial charge in [-0.1, -0.05) is 17.7 Å². The van der Waals surface area contributed by atoms with Gasteiger partial charge in [-0.05, 0) is 46.1 Å². The number of hydrogen-bond donors (Lipinski definition) is 2. The highest BCUT2D eigenvalue weighted by atomic mass is 79.9. The van der Waals surface area contributed by atoms with E-state index in [4.69, 9.17) is 17.0 Å². The summed E-state index contributed by atoms with van der Waals surface area (Å²) in [5.41, 5.74) is -2.27. The molecule has 0 spiro atoms. The maximum atomic E-state index is 12.5. The fraction of sp³-hybridized carbons (Fsp3) is 0.200. The van der Waals surface area contributed by atoms with E-state index in [1.807, 2.05) is 13.0 Å². The number of aromatic nitrogens is 2. The first-order chi connectivity index (χ1) is 11.6. The molecule has 1 aromatic carbocycles. The van der Waals surface area contributed by atoms with Gasteiger partial charge in [-0.25, -0.2) is 0 Å². The molecule has 2 aromatic rings. The van der Waals surface area contributed by atoms with Gasteiger partial charge in [-0.3, -0.25) is 4.68 Å². The number of allylic oxidation sites excluding steroid dienone is 1. The minimum Gasteiger partial charge on any atom is -0.345 e. The Hall–Kier alpha value is -1.45. The Labute approximate surface area is 160 Å². The smallest absolute Gasteiger partial charge is 0.345 e. The van der Waals surface area contributed by atoms with Crippen LogP contribution in [0.4, 0.5) is 19.0 Å². The summed E-state index contributed by atoms with van der Waals surface area (Å²) in [4.78, 5) is 0. The third-order valence-electron chi connectivity index (χ3n) is 3.18. The molecule has 0 amide bonds. The lowest BCUT2D eigenvalue weighted by molar-refractivity contribution is -0.0329. The van der Waals surface area contributed by atoms with Crippen LogP contribution in [0.3, 0.4) is 0 Å². The lowest BCUT2D eigenvalue weighted by atomic mass is 10.1. The highest BCUT2D eigenvalue weighted by Crippen LogP contribution is 2.42. The number of nitrogens with one attached hydrogen (secondary N) is 2. The number of rotatable bonds is 5. The predicted molar refractivity (Wildman–Crippen MR) is 99.4 cm³/mol. The van der Waals surface area contributed by atoms with Crippen molar-refractivity contribution in [3.05, 3.63) is 45.0 Å². The maximum absolute atomic E-state index is 12.5. The monoisotopic (exact) mass is 452 g/mol. The molecule has 0 saturated heterocycles. The van der Waals surface area contributed by atoms with Gasteiger partial charge in [0.25, 0.3) is 0 Å². The van der Waals surface area contributed by atoms with Crippen LogP contribution >= 0.6 is 39.3 Å². The van der Waals surface area contributed by atoms with Gasteiger partial charge in [-0.15, -0.1) is 0 Å². The van der Waals surface area contributed by atoms with Crippen molar-refractivity contribution in [3.63, 3.8) is 0 Å². The van der Waals surface area contributed by atoms with E-state index in [-0.39, 0.29) is 21.3 Å². The minimum absolute atomic E-state index is 0.190. The predicted octanol–water partition coefficient (Wildman–Crippen LogP) is 5.86. The van der Waals surface area contributed by atoms with E-state index in [9.17, 15) is 13.2 Å². The third kappa shape index (κ3) is 5.02. The van der Waals surface area contributed by atoms with Crippen LogP contribution in [0, 0.1) is 12.3 Å². The maximum Gasteiger partial charge on any atom is 0.447 e. The number of aryl methyl sites for hydroxylation is 2. The molecule has 1 heterocycles. The van der Waals surface area contributed by atoms with E-state index in [1.165, 1.54) is 17.9 Å². The van der Waals surface area contributed by atoms with Gasteiger partial charge in [0.1, 0.15) is 10.8 Å². The van der Waals surface area contributed by atoms with Crippen molar-refractivity contribution in [1.82, 2.24) is 9.78 Å². The SMILES string of the molecule is Cc1cc(/C(C=N)=C/Nc2c(Br)c(SC(F)(F)F)nn2C)ccc1Cl. The number of halogens is 5. The van der Waals surface area contributed by atoms with Crippen LogP contribution in [-0.2, 0) is 7.05 Å². The molecule has 0 aliphatic rings. The van der Waals surface area contributed by atoms with Crippen molar-refractivity contribution in [2.45, 2.75) is 17.5 Å². The van der Waals surface area contributed by atoms with Gasteiger partial charge in [0.15, 0.2) is 0 Å². The van der Waals surface area contributed by atoms with Crippen LogP contribution in [0.2, 0.25) is 5.02 Å². The average molecular weight is 454 g/mol.